The third-order valence-electron chi connectivity index (χ3n) is 2.72. The highest BCUT2D eigenvalue weighted by molar-refractivity contribution is 5.74. The molecule has 0 aliphatic heterocycles. The Kier molecular flexibility index (Phi) is 4.86. The molecular weight excluding hydrogens is 283 g/mol. The molecule has 110 valence electrons. The van der Waals surface area contributed by atoms with E-state index in [2.05, 4.69) is 0 Å². The minimum absolute atomic E-state index is 0.412. The lowest BCUT2D eigenvalue weighted by Gasteiger charge is -2.11. The fourth-order valence-corrected chi connectivity index (χ4v) is 1.56. The van der Waals surface area contributed by atoms with Gasteiger partial charge in [-0.15, -0.1) is 0 Å². The Labute approximate surface area is 111 Å². The Morgan fingerprint density at radius 1 is 0.950 bits per heavy atom. The van der Waals surface area contributed by atoms with Crippen molar-refractivity contribution in [3.63, 3.8) is 0 Å². The van der Waals surface area contributed by atoms with Crippen molar-refractivity contribution in [1.82, 2.24) is 0 Å². The number of carbonyl (C=O) groups is 1. The number of rotatable bonds is 4. The predicted octanol–water partition coefficient (Wildman–Crippen LogP) is 3.75. The van der Waals surface area contributed by atoms with Crippen LogP contribution in [0.3, 0.4) is 0 Å². The Morgan fingerprint density at radius 3 is 1.70 bits per heavy atom. The van der Waals surface area contributed by atoms with E-state index in [4.69, 9.17) is 5.11 Å². The molecule has 0 heterocycles. The number of benzene rings is 1. The van der Waals surface area contributed by atoms with Crippen molar-refractivity contribution < 1.29 is 31.9 Å². The quantitative estimate of drug-likeness (QED) is 0.521. The first-order chi connectivity index (χ1) is 9.18. The standard InChI is InChI=1S/C13H11F5O2/c1-5(2)6(13(19)20)3-4-7-8(14)10(16)12(18)11(17)9(7)15/h3-6H,1-2H3,(H,19,20)/b4-3+. The maximum Gasteiger partial charge on any atom is 0.310 e. The van der Waals surface area contributed by atoms with E-state index < -0.39 is 52.5 Å². The summed E-state index contributed by atoms with van der Waals surface area (Å²) in [6, 6.07) is 0. The van der Waals surface area contributed by atoms with Crippen molar-refractivity contribution in [2.75, 3.05) is 0 Å². The van der Waals surface area contributed by atoms with Crippen molar-refractivity contribution in [1.29, 1.82) is 0 Å². The zero-order valence-electron chi connectivity index (χ0n) is 10.6. The molecule has 0 fully saturated rings. The van der Waals surface area contributed by atoms with Crippen LogP contribution in [0.2, 0.25) is 0 Å². The van der Waals surface area contributed by atoms with Crippen LogP contribution in [0.5, 0.6) is 0 Å². The summed E-state index contributed by atoms with van der Waals surface area (Å²) >= 11 is 0. The molecule has 1 unspecified atom stereocenters. The maximum absolute atomic E-state index is 13.3. The van der Waals surface area contributed by atoms with Gasteiger partial charge in [-0.1, -0.05) is 26.0 Å². The van der Waals surface area contributed by atoms with Crippen LogP contribution in [0.15, 0.2) is 6.08 Å². The highest BCUT2D eigenvalue weighted by atomic mass is 19.2. The van der Waals surface area contributed by atoms with Gasteiger partial charge in [0.25, 0.3) is 0 Å². The molecule has 0 aliphatic rings. The summed E-state index contributed by atoms with van der Waals surface area (Å²) in [5.74, 6) is -13.2. The number of halogens is 5. The lowest BCUT2D eigenvalue weighted by molar-refractivity contribution is -0.141. The third kappa shape index (κ3) is 2.97. The van der Waals surface area contributed by atoms with Crippen LogP contribution in [-0.2, 0) is 4.79 Å². The number of aliphatic carboxylic acids is 1. The highest BCUT2D eigenvalue weighted by Crippen LogP contribution is 2.25. The van der Waals surface area contributed by atoms with Gasteiger partial charge in [0.1, 0.15) is 0 Å². The van der Waals surface area contributed by atoms with Crippen molar-refractivity contribution in [3.8, 4) is 0 Å². The molecule has 1 rings (SSSR count). The molecule has 1 aromatic carbocycles. The van der Waals surface area contributed by atoms with Gasteiger partial charge >= 0.3 is 5.97 Å². The van der Waals surface area contributed by atoms with Crippen LogP contribution >= 0.6 is 0 Å². The summed E-state index contributed by atoms with van der Waals surface area (Å²) in [5.41, 5.74) is -1.16. The van der Waals surface area contributed by atoms with Gasteiger partial charge in [-0.05, 0) is 5.92 Å². The number of carboxylic acid groups (broad SMARTS) is 1. The van der Waals surface area contributed by atoms with E-state index >= 15 is 0 Å². The van der Waals surface area contributed by atoms with Crippen LogP contribution in [0.4, 0.5) is 22.0 Å². The number of hydrogen-bond acceptors (Lipinski definition) is 1. The van der Waals surface area contributed by atoms with Crippen LogP contribution < -0.4 is 0 Å². The summed E-state index contributed by atoms with van der Waals surface area (Å²) in [7, 11) is 0. The number of hydrogen-bond donors (Lipinski definition) is 1. The molecule has 0 radical (unpaired) electrons. The van der Waals surface area contributed by atoms with E-state index in [0.717, 1.165) is 6.08 Å². The molecule has 0 bridgehead atoms. The lowest BCUT2D eigenvalue weighted by Crippen LogP contribution is -2.17. The van der Waals surface area contributed by atoms with E-state index in [-0.39, 0.29) is 0 Å². The first-order valence-electron chi connectivity index (χ1n) is 5.60. The molecule has 0 aliphatic carbocycles. The highest BCUT2D eigenvalue weighted by Gasteiger charge is 2.25. The van der Waals surface area contributed by atoms with Gasteiger partial charge in [-0.3, -0.25) is 4.79 Å². The molecule has 1 atom stereocenters. The minimum atomic E-state index is -2.25. The summed E-state index contributed by atoms with van der Waals surface area (Å²) in [6.07, 6.45) is 1.49. The van der Waals surface area contributed by atoms with Crippen molar-refractivity contribution >= 4 is 12.0 Å². The molecular formula is C13H11F5O2. The van der Waals surface area contributed by atoms with Gasteiger partial charge in [0.2, 0.25) is 5.82 Å². The Morgan fingerprint density at radius 2 is 1.35 bits per heavy atom. The molecule has 0 amide bonds. The SMILES string of the molecule is CC(C)C(/C=C/c1c(F)c(F)c(F)c(F)c1F)C(=O)O. The predicted molar refractivity (Wildman–Crippen MR) is 61.2 cm³/mol. The van der Waals surface area contributed by atoms with Crippen LogP contribution in [0.1, 0.15) is 19.4 Å². The van der Waals surface area contributed by atoms with Gasteiger partial charge in [-0.25, -0.2) is 22.0 Å². The van der Waals surface area contributed by atoms with Crippen LogP contribution in [-0.4, -0.2) is 11.1 Å². The number of carboxylic acids is 1. The zero-order valence-corrected chi connectivity index (χ0v) is 10.6. The van der Waals surface area contributed by atoms with Crippen LogP contribution in [0, 0.1) is 40.9 Å². The normalized spacial score (nSPS) is 13.2. The summed E-state index contributed by atoms with van der Waals surface area (Å²) in [4.78, 5) is 10.9. The van der Waals surface area contributed by atoms with E-state index in [9.17, 15) is 26.7 Å². The fraction of sp³-hybridized carbons (Fsp3) is 0.308. The zero-order chi connectivity index (χ0) is 15.6. The van der Waals surface area contributed by atoms with Gasteiger partial charge in [0.05, 0.1) is 11.5 Å². The summed E-state index contributed by atoms with van der Waals surface area (Å²) in [6.45, 7) is 3.09. The van der Waals surface area contributed by atoms with E-state index in [1.54, 1.807) is 13.8 Å². The monoisotopic (exact) mass is 294 g/mol. The fourth-order valence-electron chi connectivity index (χ4n) is 1.56. The third-order valence-corrected chi connectivity index (χ3v) is 2.72. The molecule has 0 aromatic heterocycles. The second-order valence-corrected chi connectivity index (χ2v) is 4.45. The minimum Gasteiger partial charge on any atom is -0.481 e. The van der Waals surface area contributed by atoms with Gasteiger partial charge in [-0.2, -0.15) is 0 Å². The average Bonchev–Trinajstić information content (AvgIpc) is 2.37. The smallest absolute Gasteiger partial charge is 0.310 e. The Hall–Kier alpha value is -1.92. The largest absolute Gasteiger partial charge is 0.481 e. The molecule has 2 nitrogen and oxygen atoms in total. The van der Waals surface area contributed by atoms with Gasteiger partial charge in [0, 0.05) is 0 Å². The van der Waals surface area contributed by atoms with Gasteiger partial charge < -0.3 is 5.11 Å². The summed E-state index contributed by atoms with van der Waals surface area (Å²) in [5, 5.41) is 8.87. The average molecular weight is 294 g/mol. The Bertz CT molecular complexity index is 537. The van der Waals surface area contributed by atoms with Crippen molar-refractivity contribution in [3.05, 3.63) is 40.7 Å². The topological polar surface area (TPSA) is 37.3 Å². The van der Waals surface area contributed by atoms with E-state index in [1.807, 2.05) is 0 Å². The lowest BCUT2D eigenvalue weighted by atomic mass is 9.95. The maximum atomic E-state index is 13.3. The summed E-state index contributed by atoms with van der Waals surface area (Å²) < 4.78 is 65.3. The van der Waals surface area contributed by atoms with Crippen LogP contribution in [0.25, 0.3) is 6.08 Å². The molecule has 20 heavy (non-hydrogen) atoms. The second-order valence-electron chi connectivity index (χ2n) is 4.45. The molecule has 0 saturated heterocycles. The molecule has 0 spiro atoms. The first-order valence-corrected chi connectivity index (χ1v) is 5.60. The Balaban J connectivity index is 3.32. The second kappa shape index (κ2) is 6.02. The van der Waals surface area contributed by atoms with Gasteiger partial charge in [0.15, 0.2) is 23.3 Å². The molecule has 1 aromatic rings. The van der Waals surface area contributed by atoms with E-state index in [1.165, 1.54) is 0 Å². The molecule has 0 saturated carbocycles. The van der Waals surface area contributed by atoms with Crippen molar-refractivity contribution in [2.45, 2.75) is 13.8 Å². The first kappa shape index (κ1) is 16.1. The van der Waals surface area contributed by atoms with E-state index in [0.29, 0.717) is 6.08 Å². The molecule has 7 heteroatoms. The molecule has 1 N–H and O–H groups in total. The van der Waals surface area contributed by atoms with Crippen molar-refractivity contribution in [2.24, 2.45) is 11.8 Å².